The maximum absolute atomic E-state index is 5.24. The molecule has 2 aromatic rings. The number of fused-ring (bicyclic) bond motifs is 1. The van der Waals surface area contributed by atoms with Gasteiger partial charge in [-0.05, 0) is 42.3 Å². The lowest BCUT2D eigenvalue weighted by Crippen LogP contribution is -1.98. The summed E-state index contributed by atoms with van der Waals surface area (Å²) in [7, 11) is 1.69. The molecule has 2 nitrogen and oxygen atoms in total. The first kappa shape index (κ1) is 13.6. The number of benzene rings is 2. The Balaban J connectivity index is 2.31. The average molecular weight is 255 g/mol. The highest BCUT2D eigenvalue weighted by Gasteiger charge is 2.04. The number of ether oxygens (including phenoxy) is 1. The Labute approximate surface area is 115 Å². The molecular weight excluding hydrogens is 234 g/mol. The van der Waals surface area contributed by atoms with E-state index < -0.39 is 0 Å². The first-order valence-corrected chi connectivity index (χ1v) is 6.71. The zero-order valence-electron chi connectivity index (χ0n) is 12.1. The molecule has 0 spiro atoms. The summed E-state index contributed by atoms with van der Waals surface area (Å²) < 4.78 is 5.24. The molecule has 0 aliphatic rings. The van der Waals surface area contributed by atoms with Crippen LogP contribution in [-0.2, 0) is 0 Å². The Kier molecular flexibility index (Phi) is 4.20. The minimum Gasteiger partial charge on any atom is -0.497 e. The second-order valence-electron chi connectivity index (χ2n) is 5.15. The fourth-order valence-electron chi connectivity index (χ4n) is 2.04. The van der Waals surface area contributed by atoms with Crippen LogP contribution in [0.15, 0.2) is 41.4 Å². The maximum Gasteiger partial charge on any atom is 0.119 e. The van der Waals surface area contributed by atoms with Gasteiger partial charge in [-0.2, -0.15) is 0 Å². The van der Waals surface area contributed by atoms with E-state index in [2.05, 4.69) is 56.1 Å². The standard InChI is InChI=1S/C17H21NO/c1-12(2)18-11-13(3)14-5-6-16-10-17(19-4)8-7-15(16)9-14/h5-13H,1-4H3. The van der Waals surface area contributed by atoms with Crippen molar-refractivity contribution in [1.29, 1.82) is 0 Å². The van der Waals surface area contributed by atoms with Crippen LogP contribution in [0, 0.1) is 0 Å². The van der Waals surface area contributed by atoms with Crippen molar-refractivity contribution < 1.29 is 4.74 Å². The van der Waals surface area contributed by atoms with Crippen LogP contribution in [0.3, 0.4) is 0 Å². The van der Waals surface area contributed by atoms with Crippen LogP contribution in [0.4, 0.5) is 0 Å². The third-order valence-corrected chi connectivity index (χ3v) is 3.21. The van der Waals surface area contributed by atoms with Crippen molar-refractivity contribution in [2.75, 3.05) is 7.11 Å². The molecule has 1 unspecified atom stereocenters. The molecule has 0 saturated heterocycles. The van der Waals surface area contributed by atoms with E-state index in [0.717, 1.165) is 5.75 Å². The van der Waals surface area contributed by atoms with Crippen molar-refractivity contribution in [3.8, 4) is 5.75 Å². The number of hydrogen-bond donors (Lipinski definition) is 0. The number of methoxy groups -OCH3 is 1. The SMILES string of the molecule is COc1ccc2cc(C(C)C=NC(C)C)ccc2c1. The second kappa shape index (κ2) is 5.87. The number of aliphatic imine (C=N–C) groups is 1. The number of hydrogen-bond acceptors (Lipinski definition) is 2. The lowest BCUT2D eigenvalue weighted by Gasteiger charge is -2.09. The Morgan fingerprint density at radius 2 is 1.68 bits per heavy atom. The van der Waals surface area contributed by atoms with Gasteiger partial charge in [0.2, 0.25) is 0 Å². The molecule has 0 aliphatic heterocycles. The third kappa shape index (κ3) is 3.34. The van der Waals surface area contributed by atoms with Crippen molar-refractivity contribution >= 4 is 17.0 Å². The number of nitrogens with zero attached hydrogens (tertiary/aromatic N) is 1. The van der Waals surface area contributed by atoms with Gasteiger partial charge >= 0.3 is 0 Å². The molecule has 0 amide bonds. The molecule has 1 atom stereocenters. The van der Waals surface area contributed by atoms with Crippen LogP contribution in [-0.4, -0.2) is 19.4 Å². The van der Waals surface area contributed by atoms with Crippen LogP contribution in [0.1, 0.15) is 32.3 Å². The van der Waals surface area contributed by atoms with Crippen molar-refractivity contribution in [3.63, 3.8) is 0 Å². The van der Waals surface area contributed by atoms with Crippen molar-refractivity contribution in [3.05, 3.63) is 42.0 Å². The molecule has 0 heterocycles. The monoisotopic (exact) mass is 255 g/mol. The van der Waals surface area contributed by atoms with Crippen LogP contribution in [0.25, 0.3) is 10.8 Å². The first-order chi connectivity index (χ1) is 9.10. The normalized spacial score (nSPS) is 13.3. The van der Waals surface area contributed by atoms with Gasteiger partial charge in [0.1, 0.15) is 5.75 Å². The van der Waals surface area contributed by atoms with E-state index in [1.165, 1.54) is 16.3 Å². The summed E-state index contributed by atoms with van der Waals surface area (Å²) in [6.45, 7) is 6.36. The average Bonchev–Trinajstić information content (AvgIpc) is 2.43. The van der Waals surface area contributed by atoms with Crippen LogP contribution in [0.2, 0.25) is 0 Å². The lowest BCUT2D eigenvalue weighted by molar-refractivity contribution is 0.415. The van der Waals surface area contributed by atoms with E-state index >= 15 is 0 Å². The molecule has 0 radical (unpaired) electrons. The summed E-state index contributed by atoms with van der Waals surface area (Å²) in [6, 6.07) is 13.1. The largest absolute Gasteiger partial charge is 0.497 e. The minimum atomic E-state index is 0.342. The van der Waals surface area contributed by atoms with Gasteiger partial charge in [-0.15, -0.1) is 0 Å². The summed E-state index contributed by atoms with van der Waals surface area (Å²) in [5.41, 5.74) is 1.29. The van der Waals surface area contributed by atoms with E-state index in [4.69, 9.17) is 4.74 Å². The van der Waals surface area contributed by atoms with Gasteiger partial charge in [0.15, 0.2) is 0 Å². The quantitative estimate of drug-likeness (QED) is 0.740. The first-order valence-electron chi connectivity index (χ1n) is 6.71. The summed E-state index contributed by atoms with van der Waals surface area (Å²) in [4.78, 5) is 4.46. The lowest BCUT2D eigenvalue weighted by atomic mass is 9.98. The van der Waals surface area contributed by atoms with Crippen LogP contribution >= 0.6 is 0 Å². The van der Waals surface area contributed by atoms with E-state index in [0.29, 0.717) is 12.0 Å². The molecule has 0 fully saturated rings. The molecule has 2 heteroatoms. The molecule has 0 aromatic heterocycles. The third-order valence-electron chi connectivity index (χ3n) is 3.21. The van der Waals surface area contributed by atoms with Crippen molar-refractivity contribution in [2.45, 2.75) is 32.7 Å². The zero-order chi connectivity index (χ0) is 13.8. The molecule has 0 saturated carbocycles. The molecule has 0 aliphatic carbocycles. The zero-order valence-corrected chi connectivity index (χ0v) is 12.1. The Bertz CT molecular complexity index is 587. The summed E-state index contributed by atoms with van der Waals surface area (Å²) >= 11 is 0. The maximum atomic E-state index is 5.24. The van der Waals surface area contributed by atoms with E-state index in [-0.39, 0.29) is 0 Å². The fraction of sp³-hybridized carbons (Fsp3) is 0.353. The van der Waals surface area contributed by atoms with Gasteiger partial charge in [-0.3, -0.25) is 4.99 Å². The molecule has 2 rings (SSSR count). The van der Waals surface area contributed by atoms with Gasteiger partial charge in [0.25, 0.3) is 0 Å². The summed E-state index contributed by atoms with van der Waals surface area (Å²) in [6.07, 6.45) is 2.04. The number of rotatable bonds is 4. The molecule has 0 bridgehead atoms. The molecule has 2 aromatic carbocycles. The highest BCUT2D eigenvalue weighted by Crippen LogP contribution is 2.24. The Morgan fingerprint density at radius 1 is 1.00 bits per heavy atom. The highest BCUT2D eigenvalue weighted by atomic mass is 16.5. The van der Waals surface area contributed by atoms with Gasteiger partial charge in [0, 0.05) is 18.2 Å². The van der Waals surface area contributed by atoms with E-state index in [1.807, 2.05) is 12.3 Å². The van der Waals surface area contributed by atoms with Gasteiger partial charge in [-0.1, -0.05) is 31.2 Å². The predicted molar refractivity (Wildman–Crippen MR) is 82.5 cm³/mol. The van der Waals surface area contributed by atoms with Crippen LogP contribution in [0.5, 0.6) is 5.75 Å². The Morgan fingerprint density at radius 3 is 2.37 bits per heavy atom. The smallest absolute Gasteiger partial charge is 0.119 e. The van der Waals surface area contributed by atoms with Gasteiger partial charge in [0.05, 0.1) is 7.11 Å². The predicted octanol–water partition coefficient (Wildman–Crippen LogP) is 4.43. The highest BCUT2D eigenvalue weighted by molar-refractivity contribution is 5.85. The molecule has 100 valence electrons. The molecule has 19 heavy (non-hydrogen) atoms. The van der Waals surface area contributed by atoms with Crippen molar-refractivity contribution in [2.24, 2.45) is 4.99 Å². The summed E-state index contributed by atoms with van der Waals surface area (Å²) in [5, 5.41) is 2.44. The second-order valence-corrected chi connectivity index (χ2v) is 5.15. The van der Waals surface area contributed by atoms with Crippen molar-refractivity contribution in [1.82, 2.24) is 0 Å². The fourth-order valence-corrected chi connectivity index (χ4v) is 2.04. The van der Waals surface area contributed by atoms with E-state index in [9.17, 15) is 0 Å². The topological polar surface area (TPSA) is 21.6 Å². The summed E-state index contributed by atoms with van der Waals surface area (Å²) in [5.74, 6) is 1.24. The Hall–Kier alpha value is -1.83. The molecule has 0 N–H and O–H groups in total. The van der Waals surface area contributed by atoms with Gasteiger partial charge in [-0.25, -0.2) is 0 Å². The van der Waals surface area contributed by atoms with Gasteiger partial charge < -0.3 is 4.74 Å². The molecular formula is C17H21NO. The van der Waals surface area contributed by atoms with E-state index in [1.54, 1.807) is 7.11 Å². The minimum absolute atomic E-state index is 0.342. The van der Waals surface area contributed by atoms with Crippen LogP contribution < -0.4 is 4.74 Å².